The molecule has 1 aromatic carbocycles. The number of hydrogen-bond donors (Lipinski definition) is 3. The van der Waals surface area contributed by atoms with E-state index in [1.807, 2.05) is 0 Å². The molecule has 2 unspecified atom stereocenters. The minimum atomic E-state index is -0.468. The first-order valence-electron chi connectivity index (χ1n) is 7.24. The van der Waals surface area contributed by atoms with Gasteiger partial charge in [-0.05, 0) is 49.2 Å². The lowest BCUT2D eigenvalue weighted by atomic mass is 10.0. The second kappa shape index (κ2) is 5.83. The van der Waals surface area contributed by atoms with E-state index in [1.54, 1.807) is 24.3 Å². The number of primary amides is 1. The fraction of sp³-hybridized carbons (Fsp3) is 0.467. The van der Waals surface area contributed by atoms with Crippen LogP contribution in [-0.2, 0) is 4.79 Å². The first kappa shape index (κ1) is 14.0. The number of amides is 2. The molecule has 3 rings (SSSR count). The maximum absolute atomic E-state index is 12.0. The number of rotatable bonds is 4. The number of carbonyl (C=O) groups excluding carboxylic acids is 2. The Morgan fingerprint density at radius 3 is 2.38 bits per heavy atom. The van der Waals surface area contributed by atoms with E-state index < -0.39 is 5.91 Å². The van der Waals surface area contributed by atoms with Crippen LogP contribution in [0.15, 0.2) is 24.3 Å². The third-order valence-corrected chi connectivity index (χ3v) is 4.29. The normalized spacial score (nSPS) is 24.8. The number of carbonyl (C=O) groups is 2. The molecule has 6 nitrogen and oxygen atoms in total. The highest BCUT2D eigenvalue weighted by Gasteiger charge is 2.36. The number of nitrogens with one attached hydrogen (secondary N) is 2. The van der Waals surface area contributed by atoms with Crippen LogP contribution in [0, 0.1) is 11.8 Å². The number of benzene rings is 1. The zero-order chi connectivity index (χ0) is 14.8. The molecule has 0 aliphatic carbocycles. The Kier molecular flexibility index (Phi) is 3.90. The van der Waals surface area contributed by atoms with Crippen LogP contribution >= 0.6 is 0 Å². The molecule has 2 saturated heterocycles. The largest absolute Gasteiger partial charge is 0.366 e. The van der Waals surface area contributed by atoms with Gasteiger partial charge in [0.25, 0.3) is 0 Å². The van der Waals surface area contributed by atoms with Gasteiger partial charge in [-0.1, -0.05) is 0 Å². The van der Waals surface area contributed by atoms with Crippen LogP contribution in [0.5, 0.6) is 0 Å². The van der Waals surface area contributed by atoms with Gasteiger partial charge >= 0.3 is 0 Å². The van der Waals surface area contributed by atoms with Crippen molar-refractivity contribution in [2.24, 2.45) is 17.6 Å². The average Bonchev–Trinajstić information content (AvgIpc) is 3.00. The van der Waals surface area contributed by atoms with Crippen LogP contribution < -0.4 is 16.4 Å². The molecule has 2 heterocycles. The van der Waals surface area contributed by atoms with Crippen LogP contribution in [0.4, 0.5) is 5.69 Å². The first-order chi connectivity index (χ1) is 10.1. The van der Waals surface area contributed by atoms with Gasteiger partial charge in [-0.25, -0.2) is 0 Å². The van der Waals surface area contributed by atoms with Crippen molar-refractivity contribution in [2.75, 3.05) is 38.0 Å². The van der Waals surface area contributed by atoms with Crippen LogP contribution in [0.1, 0.15) is 10.4 Å². The van der Waals surface area contributed by atoms with E-state index in [0.29, 0.717) is 29.6 Å². The van der Waals surface area contributed by atoms with E-state index >= 15 is 0 Å². The summed E-state index contributed by atoms with van der Waals surface area (Å²) in [7, 11) is 0. The van der Waals surface area contributed by atoms with Crippen molar-refractivity contribution in [1.82, 2.24) is 10.2 Å². The molecule has 2 aliphatic heterocycles. The van der Waals surface area contributed by atoms with E-state index in [0.717, 1.165) is 26.2 Å². The van der Waals surface area contributed by atoms with Crippen LogP contribution in [0.3, 0.4) is 0 Å². The molecule has 0 saturated carbocycles. The fourth-order valence-corrected chi connectivity index (χ4v) is 3.20. The highest BCUT2D eigenvalue weighted by Crippen LogP contribution is 2.25. The van der Waals surface area contributed by atoms with E-state index in [-0.39, 0.29) is 5.91 Å². The molecular weight excluding hydrogens is 268 g/mol. The lowest BCUT2D eigenvalue weighted by Crippen LogP contribution is -2.33. The molecule has 4 N–H and O–H groups in total. The summed E-state index contributed by atoms with van der Waals surface area (Å²) < 4.78 is 0. The maximum atomic E-state index is 12.0. The summed E-state index contributed by atoms with van der Waals surface area (Å²) in [5.74, 6) is 0.889. The molecule has 0 spiro atoms. The third kappa shape index (κ3) is 3.22. The van der Waals surface area contributed by atoms with Crippen LogP contribution in [0.2, 0.25) is 0 Å². The predicted octanol–water partition coefficient (Wildman–Crippen LogP) is -0.125. The molecule has 2 aliphatic rings. The monoisotopic (exact) mass is 288 g/mol. The molecule has 0 aromatic heterocycles. The Hall–Kier alpha value is -1.92. The van der Waals surface area contributed by atoms with Gasteiger partial charge < -0.3 is 16.4 Å². The van der Waals surface area contributed by atoms with E-state index in [4.69, 9.17) is 5.73 Å². The summed E-state index contributed by atoms with van der Waals surface area (Å²) in [6.45, 7) is 4.54. The highest BCUT2D eigenvalue weighted by atomic mass is 16.2. The lowest BCUT2D eigenvalue weighted by Gasteiger charge is -2.16. The summed E-state index contributed by atoms with van der Waals surface area (Å²) in [5, 5.41) is 6.24. The van der Waals surface area contributed by atoms with E-state index in [1.165, 1.54) is 0 Å². The molecule has 1 aromatic rings. The standard InChI is InChI=1S/C15H20N4O2/c16-15(21)10-1-3-13(4-2-10)18-14(20)9-19-7-11-5-17-6-12(11)8-19/h1-4,11-12,17H,5-9H2,(H2,16,21)(H,18,20). The fourth-order valence-electron chi connectivity index (χ4n) is 3.20. The Morgan fingerprint density at radius 1 is 1.19 bits per heavy atom. The first-order valence-corrected chi connectivity index (χ1v) is 7.24. The van der Waals surface area contributed by atoms with E-state index in [2.05, 4.69) is 15.5 Å². The van der Waals surface area contributed by atoms with Gasteiger partial charge in [0.1, 0.15) is 0 Å². The van der Waals surface area contributed by atoms with Crippen molar-refractivity contribution in [3.8, 4) is 0 Å². The van der Waals surface area contributed by atoms with Crippen LogP contribution in [0.25, 0.3) is 0 Å². The smallest absolute Gasteiger partial charge is 0.248 e. The topological polar surface area (TPSA) is 87.5 Å². The molecule has 2 amide bonds. The van der Waals surface area contributed by atoms with E-state index in [9.17, 15) is 9.59 Å². The summed E-state index contributed by atoms with van der Waals surface area (Å²) in [4.78, 5) is 25.2. The number of anilines is 1. The molecular formula is C15H20N4O2. The molecule has 0 bridgehead atoms. The van der Waals surface area contributed by atoms with Gasteiger partial charge in [-0.3, -0.25) is 14.5 Å². The van der Waals surface area contributed by atoms with Gasteiger partial charge in [0.2, 0.25) is 11.8 Å². The Balaban J connectivity index is 1.51. The number of nitrogens with zero attached hydrogens (tertiary/aromatic N) is 1. The molecule has 2 fully saturated rings. The van der Waals surface area contributed by atoms with Crippen molar-refractivity contribution >= 4 is 17.5 Å². The molecule has 0 radical (unpaired) electrons. The zero-order valence-corrected chi connectivity index (χ0v) is 11.8. The summed E-state index contributed by atoms with van der Waals surface area (Å²) in [6, 6.07) is 6.62. The molecule has 21 heavy (non-hydrogen) atoms. The quantitative estimate of drug-likeness (QED) is 0.720. The lowest BCUT2D eigenvalue weighted by molar-refractivity contribution is -0.117. The van der Waals surface area contributed by atoms with Gasteiger partial charge in [0.05, 0.1) is 6.54 Å². The van der Waals surface area contributed by atoms with Crippen molar-refractivity contribution in [2.45, 2.75) is 0 Å². The Morgan fingerprint density at radius 2 is 1.81 bits per heavy atom. The second-order valence-electron chi connectivity index (χ2n) is 5.86. The van der Waals surface area contributed by atoms with Crippen molar-refractivity contribution in [1.29, 1.82) is 0 Å². The van der Waals surface area contributed by atoms with Gasteiger partial charge in [0.15, 0.2) is 0 Å². The van der Waals surface area contributed by atoms with Gasteiger partial charge in [0, 0.05) is 24.3 Å². The maximum Gasteiger partial charge on any atom is 0.248 e. The summed E-state index contributed by atoms with van der Waals surface area (Å²) in [5.41, 5.74) is 6.30. The highest BCUT2D eigenvalue weighted by molar-refractivity contribution is 5.95. The minimum absolute atomic E-state index is 0.0187. The van der Waals surface area contributed by atoms with Crippen molar-refractivity contribution in [3.05, 3.63) is 29.8 Å². The van der Waals surface area contributed by atoms with Gasteiger partial charge in [-0.15, -0.1) is 0 Å². The van der Waals surface area contributed by atoms with Gasteiger partial charge in [-0.2, -0.15) is 0 Å². The van der Waals surface area contributed by atoms with Crippen LogP contribution in [-0.4, -0.2) is 49.4 Å². The van der Waals surface area contributed by atoms with Crippen molar-refractivity contribution in [3.63, 3.8) is 0 Å². The molecule has 6 heteroatoms. The molecule has 2 atom stereocenters. The summed E-state index contributed by atoms with van der Waals surface area (Å²) in [6.07, 6.45) is 0. The molecule has 112 valence electrons. The average molecular weight is 288 g/mol. The number of likely N-dealkylation sites (tertiary alicyclic amines) is 1. The predicted molar refractivity (Wildman–Crippen MR) is 79.9 cm³/mol. The van der Waals surface area contributed by atoms with Crippen molar-refractivity contribution < 1.29 is 9.59 Å². The zero-order valence-electron chi connectivity index (χ0n) is 11.8. The number of hydrogen-bond acceptors (Lipinski definition) is 4. The number of nitrogens with two attached hydrogens (primary N) is 1. The Bertz CT molecular complexity index is 531. The summed E-state index contributed by atoms with van der Waals surface area (Å²) >= 11 is 0. The number of fused-ring (bicyclic) bond motifs is 1. The second-order valence-corrected chi connectivity index (χ2v) is 5.86. The third-order valence-electron chi connectivity index (χ3n) is 4.29. The SMILES string of the molecule is NC(=O)c1ccc(NC(=O)CN2CC3CNCC3C2)cc1. The minimum Gasteiger partial charge on any atom is -0.366 e. The Labute approximate surface area is 123 Å².